The monoisotopic (exact) mass is 463 g/mol. The van der Waals surface area contributed by atoms with Crippen molar-refractivity contribution in [2.75, 3.05) is 12.0 Å². The molecule has 0 radical (unpaired) electrons. The van der Waals surface area contributed by atoms with Crippen molar-refractivity contribution in [2.24, 2.45) is 5.92 Å². The predicted molar refractivity (Wildman–Crippen MR) is 112 cm³/mol. The van der Waals surface area contributed by atoms with Crippen LogP contribution in [0.1, 0.15) is 41.4 Å². The topological polar surface area (TPSA) is 99.6 Å². The maximum absolute atomic E-state index is 13.3. The molecule has 2 aliphatic rings. The van der Waals surface area contributed by atoms with Crippen LogP contribution in [-0.4, -0.2) is 42.0 Å². The number of imidazole rings is 1. The molecule has 2 unspecified atom stereocenters. The molecule has 1 aliphatic carbocycles. The lowest BCUT2D eigenvalue weighted by Crippen LogP contribution is -2.35. The molecule has 3 aromatic rings. The minimum atomic E-state index is -4.68. The zero-order chi connectivity index (χ0) is 22.9. The molecule has 0 saturated heterocycles. The maximum Gasteiger partial charge on any atom is 0.434 e. The Bertz CT molecular complexity index is 1250. The van der Waals surface area contributed by atoms with Crippen LogP contribution < -0.4 is 5.73 Å². The Labute approximate surface area is 184 Å². The first-order chi connectivity index (χ1) is 15.1. The number of amides is 1. The summed E-state index contributed by atoms with van der Waals surface area (Å²) in [5.74, 6) is -0.0217. The molecular formula is C21H20F3N5O2S. The highest BCUT2D eigenvalue weighted by atomic mass is 32.2. The molecule has 1 aromatic carbocycles. The van der Waals surface area contributed by atoms with Crippen LogP contribution >= 0.6 is 0 Å². The molecule has 1 aliphatic heterocycles. The van der Waals surface area contributed by atoms with Crippen LogP contribution in [0.3, 0.4) is 0 Å². The molecule has 168 valence electrons. The lowest BCUT2D eigenvalue weighted by molar-refractivity contribution is -0.141. The Morgan fingerprint density at radius 3 is 2.66 bits per heavy atom. The summed E-state index contributed by atoms with van der Waals surface area (Å²) in [6.07, 6.45) is 1.22. The molecule has 1 saturated carbocycles. The third kappa shape index (κ3) is 3.30. The van der Waals surface area contributed by atoms with E-state index in [0.717, 1.165) is 19.0 Å². The van der Waals surface area contributed by atoms with Crippen molar-refractivity contribution < 1.29 is 22.5 Å². The van der Waals surface area contributed by atoms with Gasteiger partial charge in [-0.3, -0.25) is 9.20 Å². The fourth-order valence-electron chi connectivity index (χ4n) is 4.34. The summed E-state index contributed by atoms with van der Waals surface area (Å²) in [7, 11) is 0. The number of hydrogen-bond donors (Lipinski definition) is 1. The van der Waals surface area contributed by atoms with E-state index in [9.17, 15) is 22.5 Å². The average Bonchev–Trinajstić information content (AvgIpc) is 3.40. The lowest BCUT2D eigenvalue weighted by Gasteiger charge is -2.24. The molecule has 5 rings (SSSR count). The van der Waals surface area contributed by atoms with Crippen LogP contribution in [0.4, 0.5) is 19.0 Å². The fourth-order valence-corrected chi connectivity index (χ4v) is 5.14. The number of anilines is 1. The highest BCUT2D eigenvalue weighted by Gasteiger charge is 2.41. The van der Waals surface area contributed by atoms with Gasteiger partial charge >= 0.3 is 6.18 Å². The molecule has 0 bridgehead atoms. The van der Waals surface area contributed by atoms with Crippen molar-refractivity contribution >= 4 is 28.5 Å². The number of aromatic nitrogens is 3. The number of alkyl halides is 3. The van der Waals surface area contributed by atoms with Crippen LogP contribution in [0.15, 0.2) is 29.4 Å². The SMILES string of the molecule is CC(C1CC1)N1Cc2cc(-c3cnc4c(N)nc(C(F)(F)F)cn34)cc([S+](C)[O-])c2C1=O. The van der Waals surface area contributed by atoms with Crippen molar-refractivity contribution in [3.8, 4) is 11.3 Å². The van der Waals surface area contributed by atoms with Crippen molar-refractivity contribution in [1.82, 2.24) is 19.3 Å². The summed E-state index contributed by atoms with van der Waals surface area (Å²) in [6.45, 7) is 2.39. The first kappa shape index (κ1) is 21.1. The quantitative estimate of drug-likeness (QED) is 0.597. The van der Waals surface area contributed by atoms with Gasteiger partial charge in [-0.15, -0.1) is 0 Å². The molecule has 3 heterocycles. The van der Waals surface area contributed by atoms with E-state index in [4.69, 9.17) is 5.73 Å². The first-order valence-corrected chi connectivity index (χ1v) is 11.6. The Kier molecular flexibility index (Phi) is 4.68. The maximum atomic E-state index is 13.3. The second-order valence-electron chi connectivity index (χ2n) is 8.32. The van der Waals surface area contributed by atoms with Crippen molar-refractivity contribution in [2.45, 2.75) is 43.4 Å². The predicted octanol–water partition coefficient (Wildman–Crippen LogP) is 3.49. The molecule has 2 aromatic heterocycles. The Morgan fingerprint density at radius 1 is 1.31 bits per heavy atom. The number of nitrogens with zero attached hydrogens (tertiary/aromatic N) is 4. The van der Waals surface area contributed by atoms with Crippen LogP contribution in [0.2, 0.25) is 0 Å². The van der Waals surface area contributed by atoms with Gasteiger partial charge in [0.25, 0.3) is 5.91 Å². The smallest absolute Gasteiger partial charge is 0.434 e. The third-order valence-electron chi connectivity index (χ3n) is 6.21. The third-order valence-corrected chi connectivity index (χ3v) is 7.15. The van der Waals surface area contributed by atoms with Gasteiger partial charge in [-0.25, -0.2) is 9.97 Å². The summed E-state index contributed by atoms with van der Waals surface area (Å²) in [5.41, 5.74) is 6.66. The van der Waals surface area contributed by atoms with E-state index < -0.39 is 23.0 Å². The summed E-state index contributed by atoms with van der Waals surface area (Å²) in [6, 6.07) is 3.43. The highest BCUT2D eigenvalue weighted by molar-refractivity contribution is 7.90. The van der Waals surface area contributed by atoms with E-state index in [2.05, 4.69) is 9.97 Å². The zero-order valence-electron chi connectivity index (χ0n) is 17.3. The van der Waals surface area contributed by atoms with Crippen LogP contribution in [-0.2, 0) is 23.9 Å². The Balaban J connectivity index is 1.66. The van der Waals surface area contributed by atoms with E-state index >= 15 is 0 Å². The fraction of sp³-hybridized carbons (Fsp3) is 0.381. The van der Waals surface area contributed by atoms with Crippen LogP contribution in [0.5, 0.6) is 0 Å². The van der Waals surface area contributed by atoms with E-state index in [1.54, 1.807) is 17.0 Å². The molecule has 2 atom stereocenters. The Hall–Kier alpha value is -2.79. The zero-order valence-corrected chi connectivity index (χ0v) is 18.1. The average molecular weight is 463 g/mol. The molecule has 2 N–H and O–H groups in total. The van der Waals surface area contributed by atoms with Crippen molar-refractivity contribution in [3.63, 3.8) is 0 Å². The number of fused-ring (bicyclic) bond motifs is 2. The van der Waals surface area contributed by atoms with E-state index in [-0.39, 0.29) is 23.4 Å². The molecule has 11 heteroatoms. The highest BCUT2D eigenvalue weighted by Crippen LogP contribution is 2.41. The Morgan fingerprint density at radius 2 is 2.03 bits per heavy atom. The number of carbonyl (C=O) groups excluding carboxylic acids is 1. The molecule has 1 amide bonds. The number of halogens is 3. The summed E-state index contributed by atoms with van der Waals surface area (Å²) >= 11 is -1.48. The minimum Gasteiger partial charge on any atom is -0.612 e. The van der Waals surface area contributed by atoms with Gasteiger partial charge < -0.3 is 15.2 Å². The van der Waals surface area contributed by atoms with Crippen molar-refractivity contribution in [3.05, 3.63) is 41.3 Å². The van der Waals surface area contributed by atoms with E-state index in [1.807, 2.05) is 6.92 Å². The molecule has 0 spiro atoms. The second-order valence-corrected chi connectivity index (χ2v) is 9.67. The van der Waals surface area contributed by atoms with Gasteiger partial charge in [0.1, 0.15) is 6.26 Å². The number of carbonyl (C=O) groups is 1. The summed E-state index contributed by atoms with van der Waals surface area (Å²) in [5, 5.41) is 0. The second kappa shape index (κ2) is 7.11. The van der Waals surface area contributed by atoms with E-state index in [0.29, 0.717) is 39.7 Å². The first-order valence-electron chi connectivity index (χ1n) is 10.1. The molecule has 7 nitrogen and oxygen atoms in total. The summed E-state index contributed by atoms with van der Waals surface area (Å²) < 4.78 is 53.6. The lowest BCUT2D eigenvalue weighted by atomic mass is 10.0. The number of benzene rings is 1. The number of nitrogen functional groups attached to an aromatic ring is 1. The molecule has 32 heavy (non-hydrogen) atoms. The number of nitrogens with two attached hydrogens (primary N) is 1. The molecule has 1 fully saturated rings. The largest absolute Gasteiger partial charge is 0.612 e. The standard InChI is InChI=1S/C21H20F3N5O2S/c1-10(11-3-4-11)28-8-13-5-12(6-15(32(2)31)17(13)20(28)30)14-7-26-19-18(25)27-16(9-29(14)19)21(22,23)24/h5-7,9-11H,3-4,8H2,1-2H3,(H2,25,27). The van der Waals surface area contributed by atoms with Gasteiger partial charge in [0.15, 0.2) is 22.1 Å². The van der Waals surface area contributed by atoms with Gasteiger partial charge in [-0.05, 0) is 48.5 Å². The normalized spacial score (nSPS) is 18.3. The summed E-state index contributed by atoms with van der Waals surface area (Å²) in [4.78, 5) is 22.8. The van der Waals surface area contributed by atoms with Crippen LogP contribution in [0.25, 0.3) is 16.9 Å². The van der Waals surface area contributed by atoms with Gasteiger partial charge in [0.05, 0.1) is 17.5 Å². The minimum absolute atomic E-state index is 0.0764. The number of rotatable bonds is 4. The van der Waals surface area contributed by atoms with Crippen LogP contribution in [0, 0.1) is 5.92 Å². The van der Waals surface area contributed by atoms with Gasteiger partial charge in [-0.2, -0.15) is 13.2 Å². The van der Waals surface area contributed by atoms with E-state index in [1.165, 1.54) is 16.9 Å². The van der Waals surface area contributed by atoms with Gasteiger partial charge in [0.2, 0.25) is 0 Å². The van der Waals surface area contributed by atoms with Gasteiger partial charge in [0, 0.05) is 30.4 Å². The van der Waals surface area contributed by atoms with Gasteiger partial charge in [-0.1, -0.05) is 0 Å². The number of hydrogen-bond acceptors (Lipinski definition) is 5. The van der Waals surface area contributed by atoms with Crippen molar-refractivity contribution in [1.29, 1.82) is 0 Å². The molecular weight excluding hydrogens is 443 g/mol.